The van der Waals surface area contributed by atoms with E-state index in [0.29, 0.717) is 30.9 Å². The Labute approximate surface area is 208 Å². The third kappa shape index (κ3) is 4.58. The molecule has 0 radical (unpaired) electrons. The minimum atomic E-state index is -0.850. The van der Waals surface area contributed by atoms with Gasteiger partial charge in [-0.3, -0.25) is 9.59 Å². The Morgan fingerprint density at radius 3 is 2.50 bits per heavy atom. The quantitative estimate of drug-likeness (QED) is 0.212. The number of ketones is 1. The first-order valence-corrected chi connectivity index (χ1v) is 11.3. The molecule has 1 heterocycles. The molecule has 9 heteroatoms. The molecule has 0 spiro atoms. The van der Waals surface area contributed by atoms with Gasteiger partial charge in [-0.2, -0.15) is 0 Å². The van der Waals surface area contributed by atoms with Crippen LogP contribution in [0.2, 0.25) is 10.0 Å². The Morgan fingerprint density at radius 2 is 1.88 bits per heavy atom. The molecule has 2 aromatic rings. The summed E-state index contributed by atoms with van der Waals surface area (Å²) in [6.07, 6.45) is 2.22. The van der Waals surface area contributed by atoms with Gasteiger partial charge in [-0.25, -0.2) is 0 Å². The SMILES string of the molecule is C=CCOc1cccc(C2/C(=C(\O)c3cc(Cl)c(OC)c(Cl)c3OC)C(=O)C(=O)N2CCC)c1. The summed E-state index contributed by atoms with van der Waals surface area (Å²) in [6, 6.07) is 7.53. The molecule has 1 fully saturated rings. The second kappa shape index (κ2) is 10.8. The number of Topliss-reactive ketones (excluding diaryl/α,β-unsaturated/α-hetero) is 1. The van der Waals surface area contributed by atoms with Gasteiger partial charge in [-0.05, 0) is 30.2 Å². The van der Waals surface area contributed by atoms with Crippen molar-refractivity contribution >= 4 is 40.7 Å². The van der Waals surface area contributed by atoms with Crippen LogP contribution in [-0.4, -0.2) is 49.1 Å². The number of amides is 1. The van der Waals surface area contributed by atoms with Crippen molar-refractivity contribution < 1.29 is 28.9 Å². The molecule has 1 N–H and O–H groups in total. The highest BCUT2D eigenvalue weighted by Gasteiger charge is 2.46. The zero-order valence-corrected chi connectivity index (χ0v) is 20.6. The van der Waals surface area contributed by atoms with Gasteiger partial charge in [0, 0.05) is 6.54 Å². The maximum Gasteiger partial charge on any atom is 0.295 e. The molecule has 180 valence electrons. The number of carbonyl (C=O) groups is 2. The van der Waals surface area contributed by atoms with Crippen molar-refractivity contribution in [3.05, 3.63) is 69.7 Å². The van der Waals surface area contributed by atoms with Gasteiger partial charge in [0.1, 0.15) is 23.1 Å². The predicted octanol–water partition coefficient (Wildman–Crippen LogP) is 5.41. The molecule has 1 unspecified atom stereocenters. The molecule has 1 saturated heterocycles. The molecule has 1 atom stereocenters. The van der Waals surface area contributed by atoms with E-state index in [9.17, 15) is 14.7 Å². The minimum absolute atomic E-state index is 0.0261. The highest BCUT2D eigenvalue weighted by molar-refractivity contribution is 6.47. The molecule has 0 saturated carbocycles. The summed E-state index contributed by atoms with van der Waals surface area (Å²) < 4.78 is 16.2. The van der Waals surface area contributed by atoms with Crippen LogP contribution < -0.4 is 14.2 Å². The van der Waals surface area contributed by atoms with Crippen molar-refractivity contribution in [2.24, 2.45) is 0 Å². The zero-order chi connectivity index (χ0) is 25.0. The van der Waals surface area contributed by atoms with Crippen LogP contribution in [-0.2, 0) is 9.59 Å². The van der Waals surface area contributed by atoms with E-state index in [-0.39, 0.29) is 32.7 Å². The average Bonchev–Trinajstić information content (AvgIpc) is 3.07. The van der Waals surface area contributed by atoms with Crippen molar-refractivity contribution in [2.45, 2.75) is 19.4 Å². The van der Waals surface area contributed by atoms with Gasteiger partial charge in [0.05, 0.1) is 36.4 Å². The Bertz CT molecular complexity index is 1160. The molecule has 7 nitrogen and oxygen atoms in total. The van der Waals surface area contributed by atoms with Gasteiger partial charge >= 0.3 is 0 Å². The van der Waals surface area contributed by atoms with E-state index in [4.69, 9.17) is 37.4 Å². The van der Waals surface area contributed by atoms with Crippen molar-refractivity contribution in [3.63, 3.8) is 0 Å². The molecule has 2 aromatic carbocycles. The maximum absolute atomic E-state index is 13.2. The van der Waals surface area contributed by atoms with Crippen molar-refractivity contribution in [1.82, 2.24) is 4.90 Å². The standard InChI is InChI=1S/C25H25Cl2NO6/c1-5-10-28-20(14-8-7-9-15(12-14)34-11-6-2)18(22(30)25(28)31)21(29)16-13-17(26)24(33-4)19(27)23(16)32-3/h6-9,12-13,20,29H,2,5,10-11H2,1,3-4H3/b21-18+. The summed E-state index contributed by atoms with van der Waals surface area (Å²) in [4.78, 5) is 27.5. The van der Waals surface area contributed by atoms with Gasteiger partial charge < -0.3 is 24.2 Å². The lowest BCUT2D eigenvalue weighted by Gasteiger charge is -2.25. The number of benzene rings is 2. The first kappa shape index (κ1) is 25.5. The number of methoxy groups -OCH3 is 2. The Kier molecular flexibility index (Phi) is 8.12. The molecule has 3 rings (SSSR count). The number of ether oxygens (including phenoxy) is 3. The average molecular weight is 506 g/mol. The van der Waals surface area contributed by atoms with Crippen molar-refractivity contribution in [3.8, 4) is 17.2 Å². The van der Waals surface area contributed by atoms with E-state index in [0.717, 1.165) is 0 Å². The number of hydrogen-bond acceptors (Lipinski definition) is 6. The Morgan fingerprint density at radius 1 is 1.18 bits per heavy atom. The molecule has 1 aliphatic rings. The number of hydrogen-bond donors (Lipinski definition) is 1. The second-order valence-electron chi connectivity index (χ2n) is 7.45. The third-order valence-electron chi connectivity index (χ3n) is 5.34. The number of halogens is 2. The van der Waals surface area contributed by atoms with E-state index in [1.165, 1.54) is 25.2 Å². The number of likely N-dealkylation sites (tertiary alicyclic amines) is 1. The van der Waals surface area contributed by atoms with Crippen LogP contribution in [0, 0.1) is 0 Å². The molecular formula is C25H25Cl2NO6. The topological polar surface area (TPSA) is 85.3 Å². The summed E-state index contributed by atoms with van der Waals surface area (Å²) in [6.45, 7) is 6.13. The van der Waals surface area contributed by atoms with E-state index in [1.54, 1.807) is 30.3 Å². The fourth-order valence-electron chi connectivity index (χ4n) is 3.92. The molecule has 0 aromatic heterocycles. The van der Waals surface area contributed by atoms with Gasteiger partial charge in [0.15, 0.2) is 11.5 Å². The minimum Gasteiger partial charge on any atom is -0.507 e. The number of carbonyl (C=O) groups excluding carboxylic acids is 2. The first-order valence-electron chi connectivity index (χ1n) is 10.5. The monoisotopic (exact) mass is 505 g/mol. The fourth-order valence-corrected chi connectivity index (χ4v) is 4.61. The van der Waals surface area contributed by atoms with E-state index < -0.39 is 23.5 Å². The Balaban J connectivity index is 2.27. The molecule has 0 aliphatic carbocycles. The van der Waals surface area contributed by atoms with Gasteiger partial charge in [0.25, 0.3) is 11.7 Å². The smallest absolute Gasteiger partial charge is 0.295 e. The van der Waals surface area contributed by atoms with Crippen LogP contribution in [0.25, 0.3) is 5.76 Å². The third-order valence-corrected chi connectivity index (χ3v) is 5.96. The molecule has 34 heavy (non-hydrogen) atoms. The van der Waals surface area contributed by atoms with Gasteiger partial charge in [-0.15, -0.1) is 0 Å². The van der Waals surface area contributed by atoms with Crippen LogP contribution in [0.5, 0.6) is 17.2 Å². The molecule has 1 amide bonds. The first-order chi connectivity index (χ1) is 16.3. The molecule has 0 bridgehead atoms. The number of aliphatic hydroxyl groups excluding tert-OH is 1. The van der Waals surface area contributed by atoms with Crippen LogP contribution in [0.1, 0.15) is 30.5 Å². The van der Waals surface area contributed by atoms with Crippen molar-refractivity contribution in [1.29, 1.82) is 0 Å². The maximum atomic E-state index is 13.2. The largest absolute Gasteiger partial charge is 0.507 e. The number of rotatable bonds is 9. The molecular weight excluding hydrogens is 481 g/mol. The summed E-state index contributed by atoms with van der Waals surface area (Å²) in [5, 5.41) is 11.5. The zero-order valence-electron chi connectivity index (χ0n) is 19.1. The van der Waals surface area contributed by atoms with Crippen molar-refractivity contribution in [2.75, 3.05) is 27.4 Å². The van der Waals surface area contributed by atoms with E-state index in [2.05, 4.69) is 6.58 Å². The van der Waals surface area contributed by atoms with Crippen LogP contribution in [0.4, 0.5) is 0 Å². The summed E-state index contributed by atoms with van der Waals surface area (Å²) in [7, 11) is 2.75. The van der Waals surface area contributed by atoms with Crippen LogP contribution >= 0.6 is 23.2 Å². The summed E-state index contributed by atoms with van der Waals surface area (Å²) in [5.74, 6) is -1.24. The van der Waals surface area contributed by atoms with Crippen LogP contribution in [0.15, 0.2) is 48.6 Å². The van der Waals surface area contributed by atoms with Crippen LogP contribution in [0.3, 0.4) is 0 Å². The van der Waals surface area contributed by atoms with Gasteiger partial charge in [0.2, 0.25) is 0 Å². The molecule has 1 aliphatic heterocycles. The fraction of sp³-hybridized carbons (Fsp3) is 0.280. The highest BCUT2D eigenvalue weighted by Crippen LogP contribution is 2.47. The number of nitrogens with zero attached hydrogens (tertiary/aromatic N) is 1. The predicted molar refractivity (Wildman–Crippen MR) is 131 cm³/mol. The summed E-state index contributed by atoms with van der Waals surface area (Å²) >= 11 is 12.7. The van der Waals surface area contributed by atoms with Gasteiger partial charge in [-0.1, -0.05) is 54.9 Å². The lowest BCUT2D eigenvalue weighted by molar-refractivity contribution is -0.139. The lowest BCUT2D eigenvalue weighted by atomic mass is 9.94. The second-order valence-corrected chi connectivity index (χ2v) is 8.24. The number of aliphatic hydroxyl groups is 1. The normalized spacial score (nSPS) is 17.1. The lowest BCUT2D eigenvalue weighted by Crippen LogP contribution is -2.30. The Hall–Kier alpha value is -3.16. The highest BCUT2D eigenvalue weighted by atomic mass is 35.5. The van der Waals surface area contributed by atoms with E-state index >= 15 is 0 Å². The van der Waals surface area contributed by atoms with E-state index in [1.807, 2.05) is 6.92 Å². The summed E-state index contributed by atoms with van der Waals surface area (Å²) in [5.41, 5.74) is 0.562.